The highest BCUT2D eigenvalue weighted by Gasteiger charge is 2.01. The van der Waals surface area contributed by atoms with Crippen molar-refractivity contribution in [3.8, 4) is 0 Å². The molecule has 0 saturated heterocycles. The van der Waals surface area contributed by atoms with E-state index in [1.54, 1.807) is 0 Å². The zero-order valence-corrected chi connectivity index (χ0v) is 7.52. The predicted octanol–water partition coefficient (Wildman–Crippen LogP) is 3.55. The first-order valence-corrected chi connectivity index (χ1v) is 3.90. The molecule has 58 valence electrons. The van der Waals surface area contributed by atoms with Crippen molar-refractivity contribution < 1.29 is 0 Å². The summed E-state index contributed by atoms with van der Waals surface area (Å²) in [6.45, 7) is 8.73. The number of allylic oxidation sites excluding steroid dienone is 4. The van der Waals surface area contributed by atoms with Gasteiger partial charge in [-0.15, -0.1) is 0 Å². The Morgan fingerprint density at radius 1 is 1.10 bits per heavy atom. The summed E-state index contributed by atoms with van der Waals surface area (Å²) in [6.07, 6.45) is 9.70. The monoisotopic (exact) mass is 138 g/mol. The largest absolute Gasteiger partial charge is 0.0848 e. The van der Waals surface area contributed by atoms with Crippen LogP contribution in [-0.2, 0) is 0 Å². The van der Waals surface area contributed by atoms with E-state index in [9.17, 15) is 0 Å². The lowest BCUT2D eigenvalue weighted by Crippen LogP contribution is -1.97. The quantitative estimate of drug-likeness (QED) is 0.512. The fourth-order valence-electron chi connectivity index (χ4n) is 0.559. The van der Waals surface area contributed by atoms with E-state index in [4.69, 9.17) is 0 Å². The summed E-state index contributed by atoms with van der Waals surface area (Å²) in [7, 11) is 0. The van der Waals surface area contributed by atoms with Gasteiger partial charge in [0, 0.05) is 0 Å². The Balaban J connectivity index is 3.66. The molecule has 0 unspecified atom stereocenters. The van der Waals surface area contributed by atoms with Crippen LogP contribution in [0.1, 0.15) is 34.1 Å². The average molecular weight is 138 g/mol. The van der Waals surface area contributed by atoms with Crippen LogP contribution in [0.2, 0.25) is 0 Å². The van der Waals surface area contributed by atoms with E-state index in [0.29, 0.717) is 5.41 Å². The number of hydrogen-bond acceptors (Lipinski definition) is 0. The van der Waals surface area contributed by atoms with Crippen LogP contribution in [0.15, 0.2) is 24.3 Å². The van der Waals surface area contributed by atoms with Crippen LogP contribution < -0.4 is 0 Å². The van der Waals surface area contributed by atoms with Gasteiger partial charge in [-0.1, -0.05) is 52.0 Å². The lowest BCUT2D eigenvalue weighted by molar-refractivity contribution is 0.544. The molecule has 0 rings (SSSR count). The van der Waals surface area contributed by atoms with Crippen LogP contribution in [0.5, 0.6) is 0 Å². The number of rotatable bonds is 2. The molecule has 0 heterocycles. The van der Waals surface area contributed by atoms with Crippen molar-refractivity contribution in [3.63, 3.8) is 0 Å². The fraction of sp³-hybridized carbons (Fsp3) is 0.600. The van der Waals surface area contributed by atoms with Crippen molar-refractivity contribution in [3.05, 3.63) is 24.3 Å². The molecular weight excluding hydrogens is 120 g/mol. The molecule has 0 aromatic rings. The average Bonchev–Trinajstić information content (AvgIpc) is 1.78. The van der Waals surface area contributed by atoms with Gasteiger partial charge in [-0.2, -0.15) is 0 Å². The smallest absolute Gasteiger partial charge is 0.0200 e. The summed E-state index contributed by atoms with van der Waals surface area (Å²) in [4.78, 5) is 0. The lowest BCUT2D eigenvalue weighted by atomic mass is 9.96. The van der Waals surface area contributed by atoms with Crippen LogP contribution in [0, 0.1) is 5.41 Å². The molecule has 0 aliphatic rings. The third-order valence-corrected chi connectivity index (χ3v) is 1.08. The van der Waals surface area contributed by atoms with Gasteiger partial charge in [0.15, 0.2) is 0 Å². The summed E-state index contributed by atoms with van der Waals surface area (Å²) in [5.41, 5.74) is 0.318. The Kier molecular flexibility index (Phi) is 4.10. The zero-order chi connectivity index (χ0) is 8.04. The molecule has 0 aromatic carbocycles. The van der Waals surface area contributed by atoms with Crippen LogP contribution in [0.25, 0.3) is 0 Å². The highest BCUT2D eigenvalue weighted by atomic mass is 14.1. The van der Waals surface area contributed by atoms with E-state index in [-0.39, 0.29) is 0 Å². The molecule has 0 atom stereocenters. The van der Waals surface area contributed by atoms with Gasteiger partial charge < -0.3 is 0 Å². The third kappa shape index (κ3) is 7.48. The molecule has 0 nitrogen and oxygen atoms in total. The van der Waals surface area contributed by atoms with Crippen molar-refractivity contribution in [1.29, 1.82) is 0 Å². The Bertz CT molecular complexity index is 121. The van der Waals surface area contributed by atoms with Crippen LogP contribution in [0.3, 0.4) is 0 Å². The van der Waals surface area contributed by atoms with Gasteiger partial charge in [-0.25, -0.2) is 0 Å². The summed E-state index contributed by atoms with van der Waals surface area (Å²) < 4.78 is 0. The topological polar surface area (TPSA) is 0 Å². The molecule has 0 N–H and O–H groups in total. The van der Waals surface area contributed by atoms with Crippen molar-refractivity contribution in [2.45, 2.75) is 34.1 Å². The Morgan fingerprint density at radius 2 is 1.70 bits per heavy atom. The first-order chi connectivity index (χ1) is 4.56. The van der Waals surface area contributed by atoms with Gasteiger partial charge in [0.05, 0.1) is 0 Å². The molecule has 0 aliphatic heterocycles. The maximum absolute atomic E-state index is 2.21. The number of hydrogen-bond donors (Lipinski definition) is 0. The summed E-state index contributed by atoms with van der Waals surface area (Å²) in [5.74, 6) is 0. The van der Waals surface area contributed by atoms with Crippen LogP contribution >= 0.6 is 0 Å². The minimum Gasteiger partial charge on any atom is -0.0848 e. The fourth-order valence-corrected chi connectivity index (χ4v) is 0.559. The molecule has 0 amide bonds. The van der Waals surface area contributed by atoms with E-state index >= 15 is 0 Å². The Morgan fingerprint density at radius 3 is 2.10 bits per heavy atom. The second-order valence-electron chi connectivity index (χ2n) is 3.56. The summed E-state index contributed by atoms with van der Waals surface area (Å²) >= 11 is 0. The van der Waals surface area contributed by atoms with Crippen molar-refractivity contribution in [1.82, 2.24) is 0 Å². The molecule has 0 radical (unpaired) electrons. The van der Waals surface area contributed by atoms with Crippen molar-refractivity contribution in [2.75, 3.05) is 0 Å². The molecule has 0 heteroatoms. The van der Waals surface area contributed by atoms with Gasteiger partial charge >= 0.3 is 0 Å². The lowest BCUT2D eigenvalue weighted by Gasteiger charge is -2.09. The van der Waals surface area contributed by atoms with Crippen molar-refractivity contribution >= 4 is 0 Å². The van der Waals surface area contributed by atoms with Crippen molar-refractivity contribution in [2.24, 2.45) is 5.41 Å². The van der Waals surface area contributed by atoms with Gasteiger partial charge in [0.25, 0.3) is 0 Å². The minimum absolute atomic E-state index is 0.318. The second kappa shape index (κ2) is 4.32. The van der Waals surface area contributed by atoms with E-state index in [0.717, 1.165) is 6.42 Å². The van der Waals surface area contributed by atoms with E-state index in [1.165, 1.54) is 0 Å². The molecule has 0 bridgehead atoms. The normalized spacial score (nSPS) is 13.6. The first-order valence-electron chi connectivity index (χ1n) is 3.90. The highest BCUT2D eigenvalue weighted by Crippen LogP contribution is 2.14. The Hall–Kier alpha value is -0.520. The molecule has 10 heavy (non-hydrogen) atoms. The highest BCUT2D eigenvalue weighted by molar-refractivity contribution is 5.05. The minimum atomic E-state index is 0.318. The van der Waals surface area contributed by atoms with Gasteiger partial charge in [0.2, 0.25) is 0 Å². The molecule has 0 fully saturated rings. The second-order valence-corrected chi connectivity index (χ2v) is 3.56. The Labute approximate surface area is 64.6 Å². The van der Waals surface area contributed by atoms with Crippen LogP contribution in [-0.4, -0.2) is 0 Å². The summed E-state index contributed by atoms with van der Waals surface area (Å²) in [6, 6.07) is 0. The maximum Gasteiger partial charge on any atom is -0.0200 e. The van der Waals surface area contributed by atoms with Gasteiger partial charge in [-0.3, -0.25) is 0 Å². The standard InChI is InChI=1S/C10H18/c1-5-6-7-8-9-10(2,3)4/h6-9H,5H2,1-4H3. The molecule has 0 aliphatic carbocycles. The zero-order valence-electron chi connectivity index (χ0n) is 7.52. The van der Waals surface area contributed by atoms with Crippen LogP contribution in [0.4, 0.5) is 0 Å². The summed E-state index contributed by atoms with van der Waals surface area (Å²) in [5, 5.41) is 0. The van der Waals surface area contributed by atoms with E-state index in [1.807, 2.05) is 0 Å². The third-order valence-electron chi connectivity index (χ3n) is 1.08. The molecular formula is C10H18. The maximum atomic E-state index is 2.21. The van der Waals surface area contributed by atoms with E-state index in [2.05, 4.69) is 52.0 Å². The van der Waals surface area contributed by atoms with E-state index < -0.39 is 0 Å². The SMILES string of the molecule is CCC=CC=CC(C)(C)C. The molecule has 0 saturated carbocycles. The predicted molar refractivity (Wildman–Crippen MR) is 48.0 cm³/mol. The van der Waals surface area contributed by atoms with Gasteiger partial charge in [-0.05, 0) is 11.8 Å². The first kappa shape index (κ1) is 9.48. The molecule has 0 spiro atoms. The van der Waals surface area contributed by atoms with Gasteiger partial charge in [0.1, 0.15) is 0 Å². The molecule has 0 aromatic heterocycles.